The van der Waals surface area contributed by atoms with Crippen LogP contribution in [0.15, 0.2) is 29.1 Å². The van der Waals surface area contributed by atoms with E-state index in [1.165, 1.54) is 34.7 Å². The van der Waals surface area contributed by atoms with Gasteiger partial charge in [-0.05, 0) is 25.0 Å². The Kier molecular flexibility index (Phi) is 6.86. The highest BCUT2D eigenvalue weighted by molar-refractivity contribution is 6.00. The summed E-state index contributed by atoms with van der Waals surface area (Å²) in [6.07, 6.45) is 1.20. The summed E-state index contributed by atoms with van der Waals surface area (Å²) in [6.45, 7) is 0.612. The van der Waals surface area contributed by atoms with E-state index in [1.54, 1.807) is 0 Å². The predicted molar refractivity (Wildman–Crippen MR) is 119 cm³/mol. The third-order valence-electron chi connectivity index (χ3n) is 6.41. The Labute approximate surface area is 199 Å². The third-order valence-corrected chi connectivity index (χ3v) is 6.41. The van der Waals surface area contributed by atoms with Gasteiger partial charge < -0.3 is 23.8 Å². The van der Waals surface area contributed by atoms with Gasteiger partial charge in [0.1, 0.15) is 29.0 Å². The van der Waals surface area contributed by atoms with Crippen LogP contribution in [0.1, 0.15) is 39.3 Å². The third kappa shape index (κ3) is 4.62. The van der Waals surface area contributed by atoms with Crippen LogP contribution in [0.25, 0.3) is 0 Å². The molecule has 186 valence electrons. The van der Waals surface area contributed by atoms with Crippen LogP contribution in [0.2, 0.25) is 0 Å². The maximum atomic E-state index is 13.6. The average Bonchev–Trinajstić information content (AvgIpc) is 3.22. The quantitative estimate of drug-likeness (QED) is 0.606. The van der Waals surface area contributed by atoms with Crippen LogP contribution in [-0.2, 0) is 22.5 Å². The van der Waals surface area contributed by atoms with Crippen molar-refractivity contribution in [2.75, 3.05) is 33.9 Å². The molecule has 2 amide bonds. The average molecular weight is 489 g/mol. The molecule has 0 aliphatic carbocycles. The lowest BCUT2D eigenvalue weighted by molar-refractivity contribution is -0.145. The molecule has 1 aromatic carbocycles. The number of esters is 1. The first-order valence-electron chi connectivity index (χ1n) is 11.2. The lowest BCUT2D eigenvalue weighted by Gasteiger charge is -2.25. The zero-order valence-electron chi connectivity index (χ0n) is 19.4. The maximum absolute atomic E-state index is 13.6. The molecule has 0 spiro atoms. The molecule has 0 unspecified atom stereocenters. The number of nitrogens with zero attached hydrogens (tertiary/aromatic N) is 3. The SMILES string of the molecule is COC(=O)[C@@H]1CCCN1C(=O)c1c(OC)cc(=O)n2c1CCN(C(=O)c1cc(F)cc(F)c1)CC2. The number of benzene rings is 1. The van der Waals surface area contributed by atoms with Crippen LogP contribution >= 0.6 is 0 Å². The molecule has 2 aliphatic heterocycles. The normalized spacial score (nSPS) is 17.5. The topological polar surface area (TPSA) is 98.2 Å². The Bertz CT molecular complexity index is 1220. The molecule has 11 heteroatoms. The van der Waals surface area contributed by atoms with E-state index < -0.39 is 41.0 Å². The van der Waals surface area contributed by atoms with E-state index in [9.17, 15) is 28.0 Å². The van der Waals surface area contributed by atoms with Gasteiger partial charge in [0.25, 0.3) is 17.4 Å². The number of hydrogen-bond donors (Lipinski definition) is 0. The van der Waals surface area contributed by atoms with Crippen LogP contribution < -0.4 is 10.3 Å². The molecule has 1 atom stereocenters. The van der Waals surface area contributed by atoms with Gasteiger partial charge in [0.15, 0.2) is 0 Å². The van der Waals surface area contributed by atoms with Crippen molar-refractivity contribution in [3.05, 3.63) is 63.1 Å². The fourth-order valence-corrected chi connectivity index (χ4v) is 4.74. The molecule has 0 saturated carbocycles. The first-order chi connectivity index (χ1) is 16.7. The highest BCUT2D eigenvalue weighted by Crippen LogP contribution is 2.29. The van der Waals surface area contributed by atoms with Crippen LogP contribution in [0.4, 0.5) is 8.78 Å². The molecule has 3 heterocycles. The Balaban J connectivity index is 1.69. The van der Waals surface area contributed by atoms with Crippen molar-refractivity contribution in [3.63, 3.8) is 0 Å². The molecule has 1 aromatic heterocycles. The van der Waals surface area contributed by atoms with Gasteiger partial charge in [-0.2, -0.15) is 0 Å². The summed E-state index contributed by atoms with van der Waals surface area (Å²) in [5, 5.41) is 0. The molecule has 4 rings (SSSR count). The fraction of sp³-hybridized carbons (Fsp3) is 0.417. The molecule has 35 heavy (non-hydrogen) atoms. The molecule has 1 fully saturated rings. The number of amides is 2. The van der Waals surface area contributed by atoms with E-state index in [1.807, 2.05) is 0 Å². The number of carbonyl (C=O) groups excluding carboxylic acids is 3. The van der Waals surface area contributed by atoms with E-state index in [0.29, 0.717) is 31.1 Å². The number of ether oxygens (including phenoxy) is 2. The molecule has 2 aliphatic rings. The Morgan fingerprint density at radius 2 is 1.66 bits per heavy atom. The zero-order chi connectivity index (χ0) is 25.3. The second-order valence-corrected chi connectivity index (χ2v) is 8.40. The van der Waals surface area contributed by atoms with Gasteiger partial charge in [-0.15, -0.1) is 0 Å². The second-order valence-electron chi connectivity index (χ2n) is 8.40. The number of pyridine rings is 1. The lowest BCUT2D eigenvalue weighted by Crippen LogP contribution is -2.42. The van der Waals surface area contributed by atoms with Crippen molar-refractivity contribution in [2.24, 2.45) is 0 Å². The number of likely N-dealkylation sites (tertiary alicyclic amines) is 1. The number of aromatic nitrogens is 1. The van der Waals surface area contributed by atoms with E-state index in [2.05, 4.69) is 0 Å². The van der Waals surface area contributed by atoms with Crippen molar-refractivity contribution < 1.29 is 32.6 Å². The van der Waals surface area contributed by atoms with Crippen molar-refractivity contribution in [1.29, 1.82) is 0 Å². The maximum Gasteiger partial charge on any atom is 0.328 e. The van der Waals surface area contributed by atoms with Crippen molar-refractivity contribution >= 4 is 17.8 Å². The minimum Gasteiger partial charge on any atom is -0.496 e. The van der Waals surface area contributed by atoms with Gasteiger partial charge in [0.2, 0.25) is 0 Å². The van der Waals surface area contributed by atoms with Crippen LogP contribution in [-0.4, -0.2) is 72.0 Å². The molecule has 9 nitrogen and oxygen atoms in total. The highest BCUT2D eigenvalue weighted by atomic mass is 19.1. The fourth-order valence-electron chi connectivity index (χ4n) is 4.74. The summed E-state index contributed by atoms with van der Waals surface area (Å²) in [7, 11) is 2.60. The van der Waals surface area contributed by atoms with Gasteiger partial charge in [-0.3, -0.25) is 14.4 Å². The van der Waals surface area contributed by atoms with Crippen LogP contribution in [0.3, 0.4) is 0 Å². The van der Waals surface area contributed by atoms with Crippen molar-refractivity contribution in [2.45, 2.75) is 31.8 Å². The zero-order valence-corrected chi connectivity index (χ0v) is 19.4. The number of hydrogen-bond acceptors (Lipinski definition) is 6. The molecular weight excluding hydrogens is 464 g/mol. The van der Waals surface area contributed by atoms with E-state index in [4.69, 9.17) is 9.47 Å². The number of carbonyl (C=O) groups is 3. The van der Waals surface area contributed by atoms with Crippen LogP contribution in [0.5, 0.6) is 5.75 Å². The minimum absolute atomic E-state index is 0.0718. The second kappa shape index (κ2) is 9.85. The Morgan fingerprint density at radius 1 is 0.943 bits per heavy atom. The van der Waals surface area contributed by atoms with E-state index in [0.717, 1.165) is 12.1 Å². The van der Waals surface area contributed by atoms with Gasteiger partial charge in [-0.25, -0.2) is 13.6 Å². The van der Waals surface area contributed by atoms with Gasteiger partial charge in [-0.1, -0.05) is 0 Å². The van der Waals surface area contributed by atoms with Gasteiger partial charge >= 0.3 is 5.97 Å². The summed E-state index contributed by atoms with van der Waals surface area (Å²) in [4.78, 5) is 54.4. The monoisotopic (exact) mass is 489 g/mol. The summed E-state index contributed by atoms with van der Waals surface area (Å²) in [5.41, 5.74) is -0.0392. The first-order valence-corrected chi connectivity index (χ1v) is 11.2. The first kappa shape index (κ1) is 24.4. The number of rotatable bonds is 4. The van der Waals surface area contributed by atoms with Crippen molar-refractivity contribution in [3.8, 4) is 5.75 Å². The Morgan fingerprint density at radius 3 is 2.31 bits per heavy atom. The largest absolute Gasteiger partial charge is 0.496 e. The molecule has 2 aromatic rings. The summed E-state index contributed by atoms with van der Waals surface area (Å²) in [6, 6.07) is 3.05. The van der Waals surface area contributed by atoms with Gasteiger partial charge in [0.05, 0.1) is 14.2 Å². The molecular formula is C24H25F2N3O6. The lowest BCUT2D eigenvalue weighted by atomic mass is 10.1. The van der Waals surface area contributed by atoms with Gasteiger partial charge in [0, 0.05) is 56.0 Å². The minimum atomic E-state index is -0.869. The molecule has 1 saturated heterocycles. The molecule has 0 bridgehead atoms. The Hall–Kier alpha value is -3.76. The summed E-state index contributed by atoms with van der Waals surface area (Å²) >= 11 is 0. The predicted octanol–water partition coefficient (Wildman–Crippen LogP) is 1.61. The molecule has 0 N–H and O–H groups in total. The van der Waals surface area contributed by atoms with E-state index in [-0.39, 0.29) is 42.9 Å². The summed E-state index contributed by atoms with van der Waals surface area (Å²) in [5.74, 6) is -3.24. The highest BCUT2D eigenvalue weighted by Gasteiger charge is 2.38. The molecule has 0 radical (unpaired) electrons. The summed E-state index contributed by atoms with van der Waals surface area (Å²) < 4.78 is 38.9. The smallest absolute Gasteiger partial charge is 0.328 e. The van der Waals surface area contributed by atoms with E-state index >= 15 is 0 Å². The number of halogens is 2. The number of methoxy groups -OCH3 is 2. The van der Waals surface area contributed by atoms with Crippen molar-refractivity contribution in [1.82, 2.24) is 14.4 Å². The number of fused-ring (bicyclic) bond motifs is 1. The standard InChI is InChI=1S/C24H25F2N3O6/c1-34-19-13-20(30)28-9-8-27(22(31)14-10-15(25)12-16(26)11-14)7-5-17(28)21(19)23(32)29-6-3-4-18(29)24(33)35-2/h10-13,18H,3-9H2,1-2H3/t18-/m0/s1. The van der Waals surface area contributed by atoms with Crippen LogP contribution in [0, 0.1) is 11.6 Å².